The fraction of sp³-hybridized carbons (Fsp3) is 0.409. The van der Waals surface area contributed by atoms with Crippen molar-refractivity contribution < 1.29 is 13.9 Å². The molecule has 2 aromatic carbocycles. The van der Waals surface area contributed by atoms with Crippen LogP contribution in [0.3, 0.4) is 0 Å². The Morgan fingerprint density at radius 2 is 1.81 bits per heavy atom. The summed E-state index contributed by atoms with van der Waals surface area (Å²) < 4.78 is 19.9. The Kier molecular flexibility index (Phi) is 4.64. The molecule has 0 bridgehead atoms. The van der Waals surface area contributed by atoms with Crippen molar-refractivity contribution in [1.29, 1.82) is 0 Å². The smallest absolute Gasteiger partial charge is 0.233 e. The Hall–Kier alpha value is -2.40. The van der Waals surface area contributed by atoms with Crippen molar-refractivity contribution in [1.82, 2.24) is 9.80 Å². The average molecular weight is 368 g/mol. The highest BCUT2D eigenvalue weighted by molar-refractivity contribution is 5.91. The van der Waals surface area contributed by atoms with E-state index in [1.807, 2.05) is 29.2 Å². The number of ether oxygens (including phenoxy) is 1. The quantitative estimate of drug-likeness (QED) is 0.829. The Morgan fingerprint density at radius 1 is 1.11 bits per heavy atom. The first-order chi connectivity index (χ1) is 13.1. The number of nitrogens with zero attached hydrogens (tertiary/aromatic N) is 2. The molecule has 2 aromatic rings. The maximum atomic E-state index is 14.4. The molecule has 0 N–H and O–H groups in total. The van der Waals surface area contributed by atoms with Crippen LogP contribution in [0.1, 0.15) is 30.0 Å². The molecule has 1 saturated heterocycles. The van der Waals surface area contributed by atoms with Crippen molar-refractivity contribution in [2.75, 3.05) is 33.8 Å². The molecule has 2 aliphatic rings. The predicted molar refractivity (Wildman–Crippen MR) is 102 cm³/mol. The summed E-state index contributed by atoms with van der Waals surface area (Å²) in [4.78, 5) is 17.6. The zero-order valence-corrected chi connectivity index (χ0v) is 15.8. The van der Waals surface area contributed by atoms with Gasteiger partial charge in [0.05, 0.1) is 18.6 Å². The number of halogens is 1. The molecule has 1 saturated carbocycles. The number of likely N-dealkylation sites (N-methyl/N-ethyl adjacent to an activating group) is 1. The summed E-state index contributed by atoms with van der Waals surface area (Å²) in [6, 6.07) is 14.7. The molecule has 4 rings (SSSR count). The van der Waals surface area contributed by atoms with E-state index in [-0.39, 0.29) is 17.8 Å². The zero-order chi connectivity index (χ0) is 19.0. The fourth-order valence-electron chi connectivity index (χ4n) is 4.21. The van der Waals surface area contributed by atoms with Gasteiger partial charge in [0.15, 0.2) is 0 Å². The number of hydrogen-bond acceptors (Lipinski definition) is 3. The van der Waals surface area contributed by atoms with E-state index < -0.39 is 5.41 Å². The van der Waals surface area contributed by atoms with Gasteiger partial charge in [0.25, 0.3) is 0 Å². The summed E-state index contributed by atoms with van der Waals surface area (Å²) in [6.45, 7) is 2.03. The molecule has 27 heavy (non-hydrogen) atoms. The maximum absolute atomic E-state index is 14.4. The normalized spacial score (nSPS) is 21.7. The van der Waals surface area contributed by atoms with E-state index in [1.165, 1.54) is 6.07 Å². The number of rotatable bonds is 4. The van der Waals surface area contributed by atoms with E-state index in [9.17, 15) is 9.18 Å². The van der Waals surface area contributed by atoms with Crippen molar-refractivity contribution in [3.05, 3.63) is 65.5 Å². The van der Waals surface area contributed by atoms with Crippen LogP contribution in [-0.2, 0) is 10.2 Å². The van der Waals surface area contributed by atoms with Crippen LogP contribution in [0.25, 0.3) is 0 Å². The largest absolute Gasteiger partial charge is 0.496 e. The highest BCUT2D eigenvalue weighted by Crippen LogP contribution is 2.51. The van der Waals surface area contributed by atoms with Crippen LogP contribution in [0.5, 0.6) is 5.75 Å². The molecule has 1 heterocycles. The molecule has 1 unspecified atom stereocenters. The second-order valence-corrected chi connectivity index (χ2v) is 7.55. The molecule has 1 amide bonds. The lowest BCUT2D eigenvalue weighted by atomic mass is 9.92. The Labute approximate surface area is 159 Å². The van der Waals surface area contributed by atoms with Crippen molar-refractivity contribution in [3.63, 3.8) is 0 Å². The summed E-state index contributed by atoms with van der Waals surface area (Å²) in [6.07, 6.45) is 1.44. The second-order valence-electron chi connectivity index (χ2n) is 7.55. The first-order valence-corrected chi connectivity index (χ1v) is 9.44. The molecular formula is C22H25FN2O2. The van der Waals surface area contributed by atoms with Gasteiger partial charge < -0.3 is 9.64 Å². The third-order valence-electron chi connectivity index (χ3n) is 5.98. The molecular weight excluding hydrogens is 343 g/mol. The number of methoxy groups -OCH3 is 1. The summed E-state index contributed by atoms with van der Waals surface area (Å²) in [5.74, 6) is 0.609. The van der Waals surface area contributed by atoms with E-state index in [2.05, 4.69) is 18.0 Å². The second kappa shape index (κ2) is 6.97. The van der Waals surface area contributed by atoms with Crippen molar-refractivity contribution in [2.45, 2.75) is 24.3 Å². The Bertz CT molecular complexity index is 850. The molecule has 0 aromatic heterocycles. The lowest BCUT2D eigenvalue weighted by Gasteiger charge is -2.41. The molecule has 1 atom stereocenters. The Morgan fingerprint density at radius 3 is 2.52 bits per heavy atom. The highest BCUT2D eigenvalue weighted by Gasteiger charge is 2.54. The molecule has 1 aliphatic carbocycles. The lowest BCUT2D eigenvalue weighted by molar-refractivity contribution is -0.137. The van der Waals surface area contributed by atoms with Crippen LogP contribution in [0.2, 0.25) is 0 Å². The monoisotopic (exact) mass is 368 g/mol. The summed E-state index contributed by atoms with van der Waals surface area (Å²) in [7, 11) is 3.74. The number of hydrogen-bond donors (Lipinski definition) is 0. The van der Waals surface area contributed by atoms with Crippen molar-refractivity contribution in [2.24, 2.45) is 0 Å². The van der Waals surface area contributed by atoms with Crippen molar-refractivity contribution in [3.8, 4) is 5.75 Å². The highest BCUT2D eigenvalue weighted by atomic mass is 19.1. The Balaban J connectivity index is 1.60. The van der Waals surface area contributed by atoms with Crippen LogP contribution in [0.4, 0.5) is 4.39 Å². The van der Waals surface area contributed by atoms with Crippen LogP contribution < -0.4 is 4.74 Å². The van der Waals surface area contributed by atoms with E-state index in [0.717, 1.165) is 30.7 Å². The average Bonchev–Trinajstić information content (AvgIpc) is 3.50. The van der Waals surface area contributed by atoms with Gasteiger partial charge in [-0.3, -0.25) is 9.69 Å². The summed E-state index contributed by atoms with van der Waals surface area (Å²) >= 11 is 0. The first-order valence-electron chi connectivity index (χ1n) is 9.44. The molecule has 4 nitrogen and oxygen atoms in total. The SMILES string of the molecule is COc1ccccc1C1CN(C(=O)C2(c3ccccc3F)CC2)CCN1C. The summed E-state index contributed by atoms with van der Waals surface area (Å²) in [5.41, 5.74) is 0.950. The van der Waals surface area contributed by atoms with Gasteiger partial charge in [0.1, 0.15) is 11.6 Å². The first kappa shape index (κ1) is 18.0. The zero-order valence-electron chi connectivity index (χ0n) is 15.8. The number of para-hydroxylation sites is 1. The van der Waals surface area contributed by atoms with Gasteiger partial charge >= 0.3 is 0 Å². The van der Waals surface area contributed by atoms with Crippen LogP contribution in [-0.4, -0.2) is 49.5 Å². The van der Waals surface area contributed by atoms with Crippen LogP contribution >= 0.6 is 0 Å². The van der Waals surface area contributed by atoms with E-state index >= 15 is 0 Å². The predicted octanol–water partition coefficient (Wildman–Crippen LogP) is 3.38. The number of carbonyl (C=O) groups excluding carboxylic acids is 1. The van der Waals surface area contributed by atoms with E-state index in [1.54, 1.807) is 19.2 Å². The van der Waals surface area contributed by atoms with E-state index in [4.69, 9.17) is 4.74 Å². The molecule has 2 fully saturated rings. The molecule has 5 heteroatoms. The minimum Gasteiger partial charge on any atom is -0.496 e. The molecule has 142 valence electrons. The van der Waals surface area contributed by atoms with Gasteiger partial charge in [-0.25, -0.2) is 4.39 Å². The molecule has 0 radical (unpaired) electrons. The molecule has 1 aliphatic heterocycles. The lowest BCUT2D eigenvalue weighted by Crippen LogP contribution is -2.52. The van der Waals surface area contributed by atoms with Gasteiger partial charge in [0, 0.05) is 30.8 Å². The van der Waals surface area contributed by atoms with Gasteiger partial charge in [-0.2, -0.15) is 0 Å². The number of carbonyl (C=O) groups is 1. The van der Waals surface area contributed by atoms with Crippen molar-refractivity contribution >= 4 is 5.91 Å². The third-order valence-corrected chi connectivity index (χ3v) is 5.98. The van der Waals surface area contributed by atoms with Gasteiger partial charge in [-0.05, 0) is 32.0 Å². The fourth-order valence-corrected chi connectivity index (χ4v) is 4.21. The number of amides is 1. The minimum atomic E-state index is -0.674. The van der Waals surface area contributed by atoms with Crippen LogP contribution in [0, 0.1) is 5.82 Å². The maximum Gasteiger partial charge on any atom is 0.233 e. The van der Waals surface area contributed by atoms with E-state index in [0.29, 0.717) is 18.7 Å². The standard InChI is InChI=1S/C22H25FN2O2/c1-24-13-14-25(15-19(24)16-7-3-6-10-20(16)27-2)21(26)22(11-12-22)17-8-4-5-9-18(17)23/h3-10,19H,11-15H2,1-2H3. The van der Waals surface area contributed by atoms with Gasteiger partial charge in [-0.15, -0.1) is 0 Å². The number of piperazine rings is 1. The molecule has 0 spiro atoms. The third kappa shape index (κ3) is 3.10. The van der Waals surface area contributed by atoms with Gasteiger partial charge in [0.2, 0.25) is 5.91 Å². The minimum absolute atomic E-state index is 0.0561. The summed E-state index contributed by atoms with van der Waals surface area (Å²) in [5, 5.41) is 0. The topological polar surface area (TPSA) is 32.8 Å². The van der Waals surface area contributed by atoms with Gasteiger partial charge in [-0.1, -0.05) is 36.4 Å². The number of benzene rings is 2. The van der Waals surface area contributed by atoms with Crippen LogP contribution in [0.15, 0.2) is 48.5 Å².